The fourth-order valence-corrected chi connectivity index (χ4v) is 1.70. The van der Waals surface area contributed by atoms with E-state index in [2.05, 4.69) is 10.3 Å². The van der Waals surface area contributed by atoms with Crippen molar-refractivity contribution in [2.24, 2.45) is 4.99 Å². The number of carbonyl (C=O) groups is 1. The van der Waals surface area contributed by atoms with Crippen LogP contribution in [0.1, 0.15) is 6.92 Å². The number of nitrogens with zero attached hydrogens (tertiary/aromatic N) is 1. The molecule has 0 bridgehead atoms. The molecule has 0 spiro atoms. The van der Waals surface area contributed by atoms with Gasteiger partial charge in [0.2, 0.25) is 0 Å². The van der Waals surface area contributed by atoms with Crippen molar-refractivity contribution in [2.75, 3.05) is 5.32 Å². The summed E-state index contributed by atoms with van der Waals surface area (Å²) >= 11 is 0. The van der Waals surface area contributed by atoms with Crippen LogP contribution in [0, 0.1) is 5.82 Å². The first kappa shape index (κ1) is 15.4. The zero-order valence-electron chi connectivity index (χ0n) is 12.0. The van der Waals surface area contributed by atoms with Gasteiger partial charge in [-0.3, -0.25) is 9.79 Å². The van der Waals surface area contributed by atoms with Gasteiger partial charge in [0.25, 0.3) is 5.91 Å². The number of para-hydroxylation sites is 1. The van der Waals surface area contributed by atoms with E-state index in [9.17, 15) is 14.3 Å². The molecule has 112 valence electrons. The third-order valence-electron chi connectivity index (χ3n) is 2.84. The lowest BCUT2D eigenvalue weighted by molar-refractivity contribution is -0.112. The predicted octanol–water partition coefficient (Wildman–Crippen LogP) is 4.00. The number of halogens is 1. The van der Waals surface area contributed by atoms with E-state index in [4.69, 9.17) is 0 Å². The van der Waals surface area contributed by atoms with Crippen LogP contribution in [-0.4, -0.2) is 17.2 Å². The Balaban J connectivity index is 2.15. The molecule has 2 rings (SSSR count). The van der Waals surface area contributed by atoms with Crippen molar-refractivity contribution in [3.05, 3.63) is 71.7 Å². The molecular weight excluding hydrogens is 283 g/mol. The first-order valence-corrected chi connectivity index (χ1v) is 6.62. The smallest absolute Gasteiger partial charge is 0.260 e. The summed E-state index contributed by atoms with van der Waals surface area (Å²) in [5.41, 5.74) is 1.13. The van der Waals surface area contributed by atoms with Crippen LogP contribution >= 0.6 is 0 Å². The third-order valence-corrected chi connectivity index (χ3v) is 2.84. The molecule has 2 N–H and O–H groups in total. The van der Waals surface area contributed by atoms with Crippen molar-refractivity contribution in [1.82, 2.24) is 0 Å². The Bertz CT molecular complexity index is 703. The number of hydrogen-bond acceptors (Lipinski definition) is 3. The highest BCUT2D eigenvalue weighted by molar-refractivity contribution is 6.18. The van der Waals surface area contributed by atoms with Crippen molar-refractivity contribution in [2.45, 2.75) is 6.92 Å². The second-order valence-corrected chi connectivity index (χ2v) is 4.55. The molecule has 0 aliphatic heterocycles. The topological polar surface area (TPSA) is 61.7 Å². The highest BCUT2D eigenvalue weighted by atomic mass is 19.1. The van der Waals surface area contributed by atoms with E-state index < -0.39 is 5.91 Å². The first-order chi connectivity index (χ1) is 10.6. The molecular formula is C17H15FN2O2. The maximum Gasteiger partial charge on any atom is 0.260 e. The second kappa shape index (κ2) is 7.17. The van der Waals surface area contributed by atoms with Crippen LogP contribution in [0.3, 0.4) is 0 Å². The zero-order valence-corrected chi connectivity index (χ0v) is 12.0. The monoisotopic (exact) mass is 298 g/mol. The molecule has 0 aromatic heterocycles. The van der Waals surface area contributed by atoms with Crippen molar-refractivity contribution in [3.63, 3.8) is 0 Å². The van der Waals surface area contributed by atoms with Gasteiger partial charge in [0.15, 0.2) is 0 Å². The first-order valence-electron chi connectivity index (χ1n) is 6.62. The normalized spacial score (nSPS) is 12.1. The molecule has 1 amide bonds. The van der Waals surface area contributed by atoms with Crippen LogP contribution in [0.5, 0.6) is 0 Å². The maximum atomic E-state index is 12.8. The minimum absolute atomic E-state index is 0.0354. The number of amides is 1. The number of nitrogens with one attached hydrogen (secondary N) is 1. The lowest BCUT2D eigenvalue weighted by Gasteiger charge is -2.06. The number of aliphatic imine (C=N–C) groups is 1. The van der Waals surface area contributed by atoms with Crippen molar-refractivity contribution < 1.29 is 14.3 Å². The molecule has 0 saturated carbocycles. The number of benzene rings is 2. The van der Waals surface area contributed by atoms with E-state index >= 15 is 0 Å². The Morgan fingerprint density at radius 2 is 1.77 bits per heavy atom. The zero-order chi connectivity index (χ0) is 15.9. The molecule has 0 saturated heterocycles. The molecule has 5 heteroatoms. The molecule has 0 atom stereocenters. The molecule has 0 fully saturated rings. The molecule has 0 heterocycles. The van der Waals surface area contributed by atoms with Gasteiger partial charge < -0.3 is 10.4 Å². The molecule has 0 radical (unpaired) electrons. The van der Waals surface area contributed by atoms with Gasteiger partial charge in [0.1, 0.15) is 11.6 Å². The Labute approximate surface area is 127 Å². The maximum absolute atomic E-state index is 12.8. The summed E-state index contributed by atoms with van der Waals surface area (Å²) < 4.78 is 12.8. The molecule has 0 unspecified atom stereocenters. The van der Waals surface area contributed by atoms with Crippen molar-refractivity contribution in [1.29, 1.82) is 0 Å². The number of carbonyl (C=O) groups excluding carboxylic acids is 1. The van der Waals surface area contributed by atoms with Crippen LogP contribution in [0.15, 0.2) is 70.9 Å². The summed E-state index contributed by atoms with van der Waals surface area (Å²) in [6.45, 7) is 1.40. The quantitative estimate of drug-likeness (QED) is 0.509. The molecule has 22 heavy (non-hydrogen) atoms. The molecule has 2 aromatic rings. The molecule has 2 aromatic carbocycles. The predicted molar refractivity (Wildman–Crippen MR) is 85.0 cm³/mol. The van der Waals surface area contributed by atoms with Gasteiger partial charge >= 0.3 is 0 Å². The lowest BCUT2D eigenvalue weighted by Crippen LogP contribution is -2.16. The highest BCUT2D eigenvalue weighted by Crippen LogP contribution is 2.13. The molecule has 4 nitrogen and oxygen atoms in total. The van der Waals surface area contributed by atoms with E-state index in [0.29, 0.717) is 11.4 Å². The Hall–Kier alpha value is -2.95. The van der Waals surface area contributed by atoms with E-state index in [1.807, 2.05) is 6.07 Å². The summed E-state index contributed by atoms with van der Waals surface area (Å²) in [5, 5.41) is 12.3. The van der Waals surface area contributed by atoms with Gasteiger partial charge in [-0.25, -0.2) is 4.39 Å². The lowest BCUT2D eigenvalue weighted by atomic mass is 10.2. The third kappa shape index (κ3) is 4.28. The van der Waals surface area contributed by atoms with E-state index in [-0.39, 0.29) is 17.1 Å². The summed E-state index contributed by atoms with van der Waals surface area (Å²) in [7, 11) is 0. The number of rotatable bonds is 4. The molecule has 0 aliphatic carbocycles. The van der Waals surface area contributed by atoms with Crippen LogP contribution in [0.2, 0.25) is 0 Å². The van der Waals surface area contributed by atoms with Crippen LogP contribution in [0.4, 0.5) is 15.8 Å². The summed E-state index contributed by atoms with van der Waals surface area (Å²) in [6.07, 6.45) is 1.25. The van der Waals surface area contributed by atoms with Crippen molar-refractivity contribution in [3.8, 4) is 0 Å². The van der Waals surface area contributed by atoms with E-state index in [0.717, 1.165) is 0 Å². The SMILES string of the molecule is C/C(O)=C(\C=Nc1ccc(F)cc1)C(=O)Nc1ccccc1. The van der Waals surface area contributed by atoms with E-state index in [1.54, 1.807) is 24.3 Å². The largest absolute Gasteiger partial charge is 0.512 e. The fraction of sp³-hybridized carbons (Fsp3) is 0.0588. The van der Waals surface area contributed by atoms with Gasteiger partial charge in [-0.05, 0) is 43.3 Å². The minimum Gasteiger partial charge on any atom is -0.512 e. The number of anilines is 1. The number of hydrogen-bond donors (Lipinski definition) is 2. The summed E-state index contributed by atoms with van der Waals surface area (Å²) in [4.78, 5) is 16.2. The Morgan fingerprint density at radius 3 is 2.36 bits per heavy atom. The second-order valence-electron chi connectivity index (χ2n) is 4.55. The Morgan fingerprint density at radius 1 is 1.14 bits per heavy atom. The average Bonchev–Trinajstić information content (AvgIpc) is 2.50. The minimum atomic E-state index is -0.475. The average molecular weight is 298 g/mol. The Kier molecular flexibility index (Phi) is 5.03. The standard InChI is InChI=1S/C17H15FN2O2/c1-12(21)16(11-19-14-9-7-13(18)8-10-14)17(22)20-15-5-3-2-4-6-15/h2-11,21H,1H3,(H,20,22)/b16-12-,19-11?. The highest BCUT2D eigenvalue weighted by Gasteiger charge is 2.11. The van der Waals surface area contributed by atoms with Crippen LogP contribution in [0.25, 0.3) is 0 Å². The van der Waals surface area contributed by atoms with Gasteiger partial charge in [-0.2, -0.15) is 0 Å². The summed E-state index contributed by atoms with van der Waals surface area (Å²) in [5.74, 6) is -0.994. The number of aliphatic hydroxyl groups is 1. The number of aliphatic hydroxyl groups excluding tert-OH is 1. The number of allylic oxidation sites excluding steroid dienone is 1. The summed E-state index contributed by atoms with van der Waals surface area (Å²) in [6, 6.07) is 14.4. The van der Waals surface area contributed by atoms with Crippen LogP contribution in [-0.2, 0) is 4.79 Å². The van der Waals surface area contributed by atoms with Crippen LogP contribution < -0.4 is 5.32 Å². The van der Waals surface area contributed by atoms with Gasteiger partial charge in [-0.15, -0.1) is 0 Å². The van der Waals surface area contributed by atoms with Gasteiger partial charge in [0.05, 0.1) is 11.3 Å². The van der Waals surface area contributed by atoms with Gasteiger partial charge in [-0.1, -0.05) is 18.2 Å². The van der Waals surface area contributed by atoms with Crippen molar-refractivity contribution >= 4 is 23.5 Å². The molecule has 0 aliphatic rings. The van der Waals surface area contributed by atoms with Gasteiger partial charge in [0, 0.05) is 11.9 Å². The van der Waals surface area contributed by atoms with E-state index in [1.165, 1.54) is 37.4 Å². The fourth-order valence-electron chi connectivity index (χ4n) is 1.70.